The number of rotatable bonds is 8. The molecule has 0 aliphatic heterocycles. The van der Waals surface area contributed by atoms with Crippen molar-refractivity contribution in [3.8, 4) is 0 Å². The molecule has 0 aromatic heterocycles. The summed E-state index contributed by atoms with van der Waals surface area (Å²) >= 11 is 5.78. The van der Waals surface area contributed by atoms with Crippen LogP contribution in [0.3, 0.4) is 0 Å². The molecule has 0 spiro atoms. The molecule has 0 saturated carbocycles. The Bertz CT molecular complexity index is 456. The van der Waals surface area contributed by atoms with Crippen LogP contribution in [0.25, 0.3) is 0 Å². The third-order valence-corrected chi connectivity index (χ3v) is 3.24. The first-order valence-corrected chi connectivity index (χ1v) is 6.98. The number of carbonyl (C=O) groups is 2. The summed E-state index contributed by atoms with van der Waals surface area (Å²) in [4.78, 5) is 22.9. The maximum Gasteiger partial charge on any atom is 0.425 e. The Hall–Kier alpha value is -1.79. The van der Waals surface area contributed by atoms with Gasteiger partial charge in [-0.3, -0.25) is 0 Å². The molecule has 0 heterocycles. The molecule has 0 unspecified atom stereocenters. The van der Waals surface area contributed by atoms with Gasteiger partial charge in [0, 0.05) is 11.8 Å². The van der Waals surface area contributed by atoms with Crippen LogP contribution in [-0.2, 0) is 16.1 Å². The first kappa shape index (κ1) is 17.3. The van der Waals surface area contributed by atoms with E-state index in [1.54, 1.807) is 12.1 Å². The number of unbranched alkanes of at least 4 members (excludes halogenated alkanes) is 1. The van der Waals surface area contributed by atoms with Crippen molar-refractivity contribution < 1.29 is 19.4 Å². The van der Waals surface area contributed by atoms with E-state index in [4.69, 9.17) is 27.4 Å². The van der Waals surface area contributed by atoms with Crippen molar-refractivity contribution in [1.29, 1.82) is 0 Å². The third kappa shape index (κ3) is 6.01. The predicted octanol–water partition coefficient (Wildman–Crippen LogP) is 2.36. The minimum absolute atomic E-state index is 0.0397. The van der Waals surface area contributed by atoms with Crippen LogP contribution in [0.4, 0.5) is 4.79 Å². The Morgan fingerprint density at radius 2 is 1.95 bits per heavy atom. The van der Waals surface area contributed by atoms with Gasteiger partial charge in [-0.15, -0.1) is 0 Å². The minimum atomic E-state index is -1.17. The number of carbonyl (C=O) groups excluding carboxylic acids is 1. The van der Waals surface area contributed by atoms with E-state index in [-0.39, 0.29) is 13.0 Å². The molecule has 0 aliphatic rings. The summed E-state index contributed by atoms with van der Waals surface area (Å²) in [7, 11) is 0. The predicted molar refractivity (Wildman–Crippen MR) is 78.6 cm³/mol. The van der Waals surface area contributed by atoms with Crippen molar-refractivity contribution in [1.82, 2.24) is 4.42 Å². The number of amides is 1. The average molecular weight is 315 g/mol. The van der Waals surface area contributed by atoms with E-state index in [0.717, 1.165) is 5.56 Å². The number of nitrogens with two attached hydrogens (primary N) is 1. The lowest BCUT2D eigenvalue weighted by Crippen LogP contribution is -2.39. The lowest BCUT2D eigenvalue weighted by Gasteiger charge is -2.21. The number of carboxylic acids is 1. The zero-order valence-corrected chi connectivity index (χ0v) is 12.3. The summed E-state index contributed by atoms with van der Waals surface area (Å²) in [6.45, 7) is 0.505. The van der Waals surface area contributed by atoms with Crippen LogP contribution < -0.4 is 5.73 Å². The number of carboxylic acid groups (broad SMARTS) is 1. The second-order valence-electron chi connectivity index (χ2n) is 4.49. The minimum Gasteiger partial charge on any atom is -0.480 e. The lowest BCUT2D eigenvalue weighted by atomic mass is 10.1. The van der Waals surface area contributed by atoms with Crippen molar-refractivity contribution in [3.63, 3.8) is 0 Å². The molecular formula is C14H19ClN2O4. The summed E-state index contributed by atoms with van der Waals surface area (Å²) in [5, 5.41) is 9.11. The maximum atomic E-state index is 11.8. The van der Waals surface area contributed by atoms with E-state index < -0.39 is 18.1 Å². The van der Waals surface area contributed by atoms with Gasteiger partial charge in [-0.2, -0.15) is 0 Å². The van der Waals surface area contributed by atoms with Crippen LogP contribution in [0.2, 0.25) is 0 Å². The van der Waals surface area contributed by atoms with Gasteiger partial charge < -0.3 is 15.6 Å². The van der Waals surface area contributed by atoms with E-state index in [0.29, 0.717) is 23.8 Å². The number of halogens is 1. The smallest absolute Gasteiger partial charge is 0.425 e. The van der Waals surface area contributed by atoms with Gasteiger partial charge in [0.2, 0.25) is 0 Å². The summed E-state index contributed by atoms with van der Waals surface area (Å²) in [5.41, 5.74) is 6.15. The molecule has 1 aromatic carbocycles. The van der Waals surface area contributed by atoms with Gasteiger partial charge in [0.1, 0.15) is 12.6 Å². The standard InChI is InChI=1S/C14H19ClN2O4/c15-17(12(13(18)19)8-4-5-9-16)14(20)21-10-11-6-2-1-3-7-11/h1-3,6-7,12H,4-5,8-10,16H2,(H,18,19)/t12-/m0/s1. The second-order valence-corrected chi connectivity index (χ2v) is 4.85. The number of ether oxygens (including phenoxy) is 1. The van der Waals surface area contributed by atoms with Crippen LogP contribution >= 0.6 is 11.8 Å². The Balaban J connectivity index is 2.51. The number of benzene rings is 1. The van der Waals surface area contributed by atoms with Crippen LogP contribution in [0.15, 0.2) is 30.3 Å². The average Bonchev–Trinajstić information content (AvgIpc) is 2.49. The molecule has 3 N–H and O–H groups in total. The fraction of sp³-hybridized carbons (Fsp3) is 0.429. The molecule has 1 aromatic rings. The lowest BCUT2D eigenvalue weighted by molar-refractivity contribution is -0.141. The monoisotopic (exact) mass is 314 g/mol. The fourth-order valence-corrected chi connectivity index (χ4v) is 1.95. The van der Waals surface area contributed by atoms with Gasteiger partial charge in [0.25, 0.3) is 0 Å². The van der Waals surface area contributed by atoms with Gasteiger partial charge in [0.05, 0.1) is 0 Å². The third-order valence-electron chi connectivity index (χ3n) is 2.87. The highest BCUT2D eigenvalue weighted by Crippen LogP contribution is 2.14. The van der Waals surface area contributed by atoms with E-state index in [1.165, 1.54) is 0 Å². The molecule has 1 amide bonds. The molecule has 6 nitrogen and oxygen atoms in total. The molecule has 116 valence electrons. The highest BCUT2D eigenvalue weighted by Gasteiger charge is 2.29. The largest absolute Gasteiger partial charge is 0.480 e. The molecule has 0 bridgehead atoms. The first-order chi connectivity index (χ1) is 10.1. The van der Waals surface area contributed by atoms with Gasteiger partial charge >= 0.3 is 12.1 Å². The Labute approximate surface area is 128 Å². The van der Waals surface area contributed by atoms with Gasteiger partial charge in [-0.25, -0.2) is 14.0 Å². The molecule has 0 saturated heterocycles. The van der Waals surface area contributed by atoms with Crippen molar-refractivity contribution in [2.45, 2.75) is 31.9 Å². The zero-order chi connectivity index (χ0) is 15.7. The van der Waals surface area contributed by atoms with Gasteiger partial charge in [-0.05, 0) is 31.4 Å². The Morgan fingerprint density at radius 3 is 2.52 bits per heavy atom. The molecular weight excluding hydrogens is 296 g/mol. The number of hydrogen-bond donors (Lipinski definition) is 2. The van der Waals surface area contributed by atoms with E-state index >= 15 is 0 Å². The zero-order valence-electron chi connectivity index (χ0n) is 11.6. The normalized spacial score (nSPS) is 11.7. The van der Waals surface area contributed by atoms with E-state index in [1.807, 2.05) is 18.2 Å². The van der Waals surface area contributed by atoms with Gasteiger partial charge in [0.15, 0.2) is 0 Å². The van der Waals surface area contributed by atoms with Crippen LogP contribution in [0, 0.1) is 0 Å². The van der Waals surface area contributed by atoms with Crippen LogP contribution in [0.5, 0.6) is 0 Å². The topological polar surface area (TPSA) is 92.9 Å². The number of nitrogens with zero attached hydrogens (tertiary/aromatic N) is 1. The summed E-state index contributed by atoms with van der Waals surface area (Å²) in [6.07, 6.45) is 0.604. The van der Waals surface area contributed by atoms with E-state index in [2.05, 4.69) is 0 Å². The van der Waals surface area contributed by atoms with Crippen LogP contribution in [0.1, 0.15) is 24.8 Å². The Morgan fingerprint density at radius 1 is 1.29 bits per heavy atom. The quantitative estimate of drug-likeness (QED) is 0.567. The molecule has 21 heavy (non-hydrogen) atoms. The van der Waals surface area contributed by atoms with E-state index in [9.17, 15) is 9.59 Å². The van der Waals surface area contributed by atoms with Crippen molar-refractivity contribution in [2.24, 2.45) is 5.73 Å². The second kappa shape index (κ2) is 9.20. The molecule has 1 rings (SSSR count). The van der Waals surface area contributed by atoms with Crippen molar-refractivity contribution in [2.75, 3.05) is 6.54 Å². The van der Waals surface area contributed by atoms with Crippen molar-refractivity contribution in [3.05, 3.63) is 35.9 Å². The number of aliphatic carboxylic acids is 1. The van der Waals surface area contributed by atoms with Crippen LogP contribution in [-0.4, -0.2) is 34.2 Å². The summed E-state index contributed by atoms with van der Waals surface area (Å²) in [6, 6.07) is 7.94. The first-order valence-electron chi connectivity index (χ1n) is 6.64. The Kier molecular flexibility index (Phi) is 7.56. The fourth-order valence-electron chi connectivity index (χ4n) is 1.72. The highest BCUT2D eigenvalue weighted by molar-refractivity contribution is 6.21. The maximum absolute atomic E-state index is 11.8. The number of hydrogen-bond acceptors (Lipinski definition) is 4. The van der Waals surface area contributed by atoms with Gasteiger partial charge in [-0.1, -0.05) is 30.3 Å². The summed E-state index contributed by atoms with van der Waals surface area (Å²) < 4.78 is 5.59. The molecule has 0 aliphatic carbocycles. The molecule has 0 radical (unpaired) electrons. The molecule has 1 atom stereocenters. The SMILES string of the molecule is NCCCC[C@@H](C(=O)O)N(Cl)C(=O)OCc1ccccc1. The van der Waals surface area contributed by atoms with Crippen molar-refractivity contribution >= 4 is 23.8 Å². The molecule has 7 heteroatoms. The summed E-state index contributed by atoms with van der Waals surface area (Å²) in [5.74, 6) is -1.17. The molecule has 0 fully saturated rings. The highest BCUT2D eigenvalue weighted by atomic mass is 35.5.